The van der Waals surface area contributed by atoms with Gasteiger partial charge in [-0.05, 0) is 42.5 Å². The lowest BCUT2D eigenvalue weighted by molar-refractivity contribution is -0.111. The van der Waals surface area contributed by atoms with Gasteiger partial charge in [0.2, 0.25) is 5.91 Å². The van der Waals surface area contributed by atoms with Crippen LogP contribution in [0.5, 0.6) is 5.75 Å². The molecule has 0 bridgehead atoms. The van der Waals surface area contributed by atoms with Crippen molar-refractivity contribution in [3.8, 4) is 5.75 Å². The first kappa shape index (κ1) is 21.6. The number of amides is 2. The van der Waals surface area contributed by atoms with Gasteiger partial charge in [0, 0.05) is 17.8 Å². The molecular weight excluding hydrogens is 411 g/mol. The van der Waals surface area contributed by atoms with Gasteiger partial charge in [-0.3, -0.25) is 14.6 Å². The summed E-state index contributed by atoms with van der Waals surface area (Å²) in [6.45, 7) is -3.01. The van der Waals surface area contributed by atoms with Crippen molar-refractivity contribution in [2.75, 3.05) is 10.6 Å². The molecule has 2 amide bonds. The summed E-state index contributed by atoms with van der Waals surface area (Å²) < 4.78 is 43.1. The molecule has 0 atom stereocenters. The molecule has 0 spiro atoms. The molecule has 1 heterocycles. The van der Waals surface area contributed by atoms with Gasteiger partial charge in [0.1, 0.15) is 17.3 Å². The summed E-state index contributed by atoms with van der Waals surface area (Å²) in [6, 6.07) is 14.2. The summed E-state index contributed by atoms with van der Waals surface area (Å²) in [5.74, 6) is -1.96. The number of benzene rings is 2. The first-order valence-corrected chi connectivity index (χ1v) is 8.97. The maximum atomic E-state index is 13.7. The second-order valence-corrected chi connectivity index (χ2v) is 6.10. The van der Waals surface area contributed by atoms with Crippen LogP contribution in [0, 0.1) is 5.82 Å². The van der Waals surface area contributed by atoms with Crippen LogP contribution in [0.15, 0.2) is 72.9 Å². The lowest BCUT2D eigenvalue weighted by Gasteiger charge is -2.11. The van der Waals surface area contributed by atoms with Crippen LogP contribution >= 0.6 is 0 Å². The molecule has 158 valence electrons. The average molecular weight is 427 g/mol. The molecule has 6 nitrogen and oxygen atoms in total. The molecule has 1 aromatic heterocycles. The number of nitrogens with one attached hydrogen (secondary N) is 2. The minimum Gasteiger partial charge on any atom is -0.434 e. The highest BCUT2D eigenvalue weighted by Gasteiger charge is 2.13. The predicted molar refractivity (Wildman–Crippen MR) is 109 cm³/mol. The number of pyridine rings is 1. The zero-order chi connectivity index (χ0) is 22.2. The molecular formula is C22H16F3N3O3. The highest BCUT2D eigenvalue weighted by atomic mass is 19.3. The lowest BCUT2D eigenvalue weighted by atomic mass is 10.2. The molecule has 0 aliphatic heterocycles. The topological polar surface area (TPSA) is 80.3 Å². The van der Waals surface area contributed by atoms with Crippen molar-refractivity contribution < 1.29 is 27.5 Å². The van der Waals surface area contributed by atoms with Gasteiger partial charge in [-0.2, -0.15) is 8.78 Å². The van der Waals surface area contributed by atoms with E-state index in [0.717, 1.165) is 18.2 Å². The van der Waals surface area contributed by atoms with E-state index in [-0.39, 0.29) is 28.4 Å². The molecule has 0 aliphatic carbocycles. The van der Waals surface area contributed by atoms with Crippen LogP contribution in [-0.2, 0) is 4.79 Å². The van der Waals surface area contributed by atoms with E-state index in [4.69, 9.17) is 0 Å². The van der Waals surface area contributed by atoms with Crippen LogP contribution in [0.4, 0.5) is 24.5 Å². The van der Waals surface area contributed by atoms with Crippen molar-refractivity contribution in [1.82, 2.24) is 4.98 Å². The number of ether oxygens (including phenoxy) is 1. The van der Waals surface area contributed by atoms with E-state index in [1.54, 1.807) is 18.2 Å². The van der Waals surface area contributed by atoms with Gasteiger partial charge in [0.25, 0.3) is 5.91 Å². The standard InChI is InChI=1S/C22H16F3N3O3/c23-15-9-10-16(28-21(30)17-6-3-4-12-26-17)18(13-15)27-20(29)11-8-14-5-1-2-7-19(14)31-22(24)25/h1-13,22H,(H,27,29)(H,28,30). The summed E-state index contributed by atoms with van der Waals surface area (Å²) in [5, 5.41) is 5.00. The zero-order valence-corrected chi connectivity index (χ0v) is 15.9. The third-order valence-electron chi connectivity index (χ3n) is 3.93. The number of nitrogens with zero attached hydrogens (tertiary/aromatic N) is 1. The third-order valence-corrected chi connectivity index (χ3v) is 3.93. The smallest absolute Gasteiger partial charge is 0.387 e. The largest absolute Gasteiger partial charge is 0.434 e. The van der Waals surface area contributed by atoms with Gasteiger partial charge in [0.15, 0.2) is 0 Å². The summed E-state index contributed by atoms with van der Waals surface area (Å²) in [6.07, 6.45) is 3.80. The zero-order valence-electron chi connectivity index (χ0n) is 15.9. The number of hydrogen-bond donors (Lipinski definition) is 2. The number of aromatic nitrogens is 1. The van der Waals surface area contributed by atoms with Crippen LogP contribution in [0.1, 0.15) is 16.1 Å². The Labute approximate surface area is 175 Å². The maximum absolute atomic E-state index is 13.7. The predicted octanol–water partition coefficient (Wildman–Crippen LogP) is 4.73. The molecule has 2 N–H and O–H groups in total. The monoisotopic (exact) mass is 427 g/mol. The average Bonchev–Trinajstić information content (AvgIpc) is 2.75. The van der Waals surface area contributed by atoms with Gasteiger partial charge in [-0.1, -0.05) is 24.3 Å². The number of hydrogen-bond acceptors (Lipinski definition) is 4. The van der Waals surface area contributed by atoms with Gasteiger partial charge < -0.3 is 15.4 Å². The molecule has 3 rings (SSSR count). The summed E-state index contributed by atoms with van der Waals surface area (Å²) in [4.78, 5) is 28.5. The number of carbonyl (C=O) groups excluding carboxylic acids is 2. The Kier molecular flexibility index (Phi) is 7.00. The Bertz CT molecular complexity index is 1110. The molecule has 9 heteroatoms. The number of rotatable bonds is 7. The van der Waals surface area contributed by atoms with E-state index in [1.165, 1.54) is 42.6 Å². The maximum Gasteiger partial charge on any atom is 0.387 e. The normalized spacial score (nSPS) is 10.8. The first-order valence-electron chi connectivity index (χ1n) is 8.97. The molecule has 3 aromatic rings. The Hall–Kier alpha value is -4.14. The van der Waals surface area contributed by atoms with Crippen molar-refractivity contribution in [3.05, 3.63) is 90.0 Å². The Morgan fingerprint density at radius 2 is 1.74 bits per heavy atom. The van der Waals surface area contributed by atoms with Gasteiger partial charge >= 0.3 is 6.61 Å². The Morgan fingerprint density at radius 3 is 2.48 bits per heavy atom. The fourth-order valence-corrected chi connectivity index (χ4v) is 2.57. The van der Waals surface area contributed by atoms with Crippen LogP contribution in [0.3, 0.4) is 0 Å². The summed E-state index contributed by atoms with van der Waals surface area (Å²) >= 11 is 0. The molecule has 0 aliphatic rings. The number of alkyl halides is 2. The highest BCUT2D eigenvalue weighted by molar-refractivity contribution is 6.08. The van der Waals surface area contributed by atoms with Gasteiger partial charge in [-0.15, -0.1) is 0 Å². The fourth-order valence-electron chi connectivity index (χ4n) is 2.57. The van der Waals surface area contributed by atoms with Crippen LogP contribution < -0.4 is 15.4 Å². The highest BCUT2D eigenvalue weighted by Crippen LogP contribution is 2.24. The lowest BCUT2D eigenvalue weighted by Crippen LogP contribution is -2.16. The molecule has 31 heavy (non-hydrogen) atoms. The van der Waals surface area contributed by atoms with Crippen molar-refractivity contribution in [1.29, 1.82) is 0 Å². The van der Waals surface area contributed by atoms with E-state index in [2.05, 4.69) is 20.4 Å². The Morgan fingerprint density at radius 1 is 0.968 bits per heavy atom. The van der Waals surface area contributed by atoms with Crippen molar-refractivity contribution in [3.63, 3.8) is 0 Å². The quantitative estimate of drug-likeness (QED) is 0.535. The van der Waals surface area contributed by atoms with E-state index >= 15 is 0 Å². The molecule has 0 radical (unpaired) electrons. The number of carbonyl (C=O) groups is 2. The van der Waals surface area contributed by atoms with Crippen LogP contribution in [0.2, 0.25) is 0 Å². The molecule has 0 saturated carbocycles. The Balaban J connectivity index is 1.75. The minimum absolute atomic E-state index is 0.0102. The van der Waals surface area contributed by atoms with E-state index in [0.29, 0.717) is 0 Å². The summed E-state index contributed by atoms with van der Waals surface area (Å²) in [7, 11) is 0. The minimum atomic E-state index is -3.01. The van der Waals surface area contributed by atoms with Crippen LogP contribution in [0.25, 0.3) is 6.08 Å². The number of para-hydroxylation sites is 1. The van der Waals surface area contributed by atoms with Gasteiger partial charge in [0.05, 0.1) is 11.4 Å². The number of halogens is 3. The number of anilines is 2. The van der Waals surface area contributed by atoms with Crippen LogP contribution in [-0.4, -0.2) is 23.4 Å². The third kappa shape index (κ3) is 6.17. The van der Waals surface area contributed by atoms with E-state index < -0.39 is 24.2 Å². The first-order chi connectivity index (χ1) is 14.9. The van der Waals surface area contributed by atoms with E-state index in [1.807, 2.05) is 0 Å². The van der Waals surface area contributed by atoms with Gasteiger partial charge in [-0.25, -0.2) is 4.39 Å². The second kappa shape index (κ2) is 10.1. The van der Waals surface area contributed by atoms with Crippen molar-refractivity contribution in [2.45, 2.75) is 6.61 Å². The van der Waals surface area contributed by atoms with Crippen molar-refractivity contribution in [2.24, 2.45) is 0 Å². The van der Waals surface area contributed by atoms with Crippen molar-refractivity contribution >= 4 is 29.3 Å². The summed E-state index contributed by atoms with van der Waals surface area (Å²) in [5.41, 5.74) is 0.553. The fraction of sp³-hybridized carbons (Fsp3) is 0.0455. The van der Waals surface area contributed by atoms with E-state index in [9.17, 15) is 22.8 Å². The second-order valence-electron chi connectivity index (χ2n) is 6.10. The molecule has 0 saturated heterocycles. The SMILES string of the molecule is O=C(C=Cc1ccccc1OC(F)F)Nc1cc(F)ccc1NC(=O)c1ccccn1. The molecule has 2 aromatic carbocycles. The molecule has 0 unspecified atom stereocenters. The molecule has 0 fully saturated rings.